The summed E-state index contributed by atoms with van der Waals surface area (Å²) in [5, 5.41) is 1.17. The van der Waals surface area contributed by atoms with Gasteiger partial charge in [0.1, 0.15) is 0 Å². The summed E-state index contributed by atoms with van der Waals surface area (Å²) in [7, 11) is 0. The van der Waals surface area contributed by atoms with Crippen LogP contribution < -0.4 is 0 Å². The zero-order chi connectivity index (χ0) is 12.2. The number of rotatable bonds is 0. The molecule has 0 fully saturated rings. The molecule has 3 rings (SSSR count). The standard InChI is InChI=1S/C13H11Br2NO/c1-7-9-6-8(14)2-3-11(9)16-5-4-10(15)13(17)12(7)16/h2-3,6,10H,4-5H2,1H3. The number of halogens is 2. The number of carbonyl (C=O) groups excluding carboxylic acids is 1. The number of aromatic nitrogens is 1. The van der Waals surface area contributed by atoms with Crippen molar-refractivity contribution in [1.29, 1.82) is 0 Å². The van der Waals surface area contributed by atoms with Gasteiger partial charge in [0.05, 0.1) is 10.5 Å². The van der Waals surface area contributed by atoms with Crippen LogP contribution in [-0.4, -0.2) is 15.2 Å². The number of nitrogens with zero attached hydrogens (tertiary/aromatic N) is 1. The van der Waals surface area contributed by atoms with Crippen LogP contribution in [0.15, 0.2) is 22.7 Å². The first-order chi connectivity index (χ1) is 8.09. The highest BCUT2D eigenvalue weighted by molar-refractivity contribution is 9.10. The van der Waals surface area contributed by atoms with Crippen molar-refractivity contribution in [2.24, 2.45) is 0 Å². The van der Waals surface area contributed by atoms with Gasteiger partial charge in [-0.25, -0.2) is 0 Å². The van der Waals surface area contributed by atoms with Crippen LogP contribution in [0.3, 0.4) is 0 Å². The Balaban J connectivity index is 2.38. The summed E-state index contributed by atoms with van der Waals surface area (Å²) in [6, 6.07) is 6.20. The van der Waals surface area contributed by atoms with E-state index in [1.54, 1.807) is 0 Å². The van der Waals surface area contributed by atoms with Gasteiger partial charge < -0.3 is 4.57 Å². The van der Waals surface area contributed by atoms with E-state index in [-0.39, 0.29) is 10.6 Å². The Bertz CT molecular complexity index is 630. The van der Waals surface area contributed by atoms with Crippen LogP contribution >= 0.6 is 31.9 Å². The fourth-order valence-electron chi connectivity index (χ4n) is 2.57. The van der Waals surface area contributed by atoms with E-state index in [0.29, 0.717) is 0 Å². The molecule has 2 nitrogen and oxygen atoms in total. The van der Waals surface area contributed by atoms with Gasteiger partial charge in [0, 0.05) is 21.9 Å². The van der Waals surface area contributed by atoms with Gasteiger partial charge in [-0.2, -0.15) is 0 Å². The lowest BCUT2D eigenvalue weighted by atomic mass is 10.0. The predicted molar refractivity (Wildman–Crippen MR) is 76.0 cm³/mol. The summed E-state index contributed by atoms with van der Waals surface area (Å²) < 4.78 is 3.20. The molecule has 0 aliphatic carbocycles. The number of aryl methyl sites for hydroxylation is 2. The van der Waals surface area contributed by atoms with Crippen molar-refractivity contribution in [1.82, 2.24) is 4.57 Å². The molecule has 0 radical (unpaired) electrons. The first kappa shape index (κ1) is 11.5. The van der Waals surface area contributed by atoms with Gasteiger partial charge in [-0.15, -0.1) is 0 Å². The number of ketones is 1. The zero-order valence-electron chi connectivity index (χ0n) is 9.34. The number of benzene rings is 1. The molecule has 0 spiro atoms. The molecule has 17 heavy (non-hydrogen) atoms. The van der Waals surface area contributed by atoms with Crippen LogP contribution in [0, 0.1) is 6.92 Å². The molecule has 1 aliphatic heterocycles. The van der Waals surface area contributed by atoms with Gasteiger partial charge in [0.2, 0.25) is 0 Å². The minimum atomic E-state index is -0.0264. The highest BCUT2D eigenvalue weighted by Gasteiger charge is 2.29. The van der Waals surface area contributed by atoms with E-state index in [4.69, 9.17) is 0 Å². The van der Waals surface area contributed by atoms with Crippen molar-refractivity contribution < 1.29 is 4.79 Å². The van der Waals surface area contributed by atoms with E-state index in [2.05, 4.69) is 48.6 Å². The number of hydrogen-bond acceptors (Lipinski definition) is 1. The molecule has 0 saturated heterocycles. The highest BCUT2D eigenvalue weighted by Crippen LogP contribution is 2.33. The third kappa shape index (κ3) is 1.61. The summed E-state index contributed by atoms with van der Waals surface area (Å²) in [5.41, 5.74) is 3.12. The van der Waals surface area contributed by atoms with E-state index < -0.39 is 0 Å². The molecule has 88 valence electrons. The van der Waals surface area contributed by atoms with Crippen LogP contribution in [-0.2, 0) is 6.54 Å². The minimum Gasteiger partial charge on any atom is -0.338 e. The Hall–Kier alpha value is -0.610. The Labute approximate surface area is 116 Å². The molecule has 0 bridgehead atoms. The van der Waals surface area contributed by atoms with Crippen molar-refractivity contribution in [3.8, 4) is 0 Å². The number of fused-ring (bicyclic) bond motifs is 3. The Morgan fingerprint density at radius 1 is 1.41 bits per heavy atom. The molecule has 0 amide bonds. The van der Waals surface area contributed by atoms with Gasteiger partial charge in [-0.05, 0) is 37.1 Å². The molecule has 1 atom stereocenters. The van der Waals surface area contributed by atoms with Gasteiger partial charge in [-0.1, -0.05) is 31.9 Å². The molecule has 0 N–H and O–H groups in total. The van der Waals surface area contributed by atoms with E-state index in [9.17, 15) is 4.79 Å². The predicted octanol–water partition coefficient (Wildman–Crippen LogP) is 4.06. The van der Waals surface area contributed by atoms with Crippen LogP contribution in [0.1, 0.15) is 22.5 Å². The number of hydrogen-bond donors (Lipinski definition) is 0. The van der Waals surface area contributed by atoms with E-state index >= 15 is 0 Å². The zero-order valence-corrected chi connectivity index (χ0v) is 12.5. The van der Waals surface area contributed by atoms with Crippen molar-refractivity contribution in [2.45, 2.75) is 24.7 Å². The average Bonchev–Trinajstić information content (AvgIpc) is 2.58. The van der Waals surface area contributed by atoms with Crippen molar-refractivity contribution >= 4 is 48.5 Å². The Morgan fingerprint density at radius 3 is 2.94 bits per heavy atom. The normalized spacial score (nSPS) is 19.7. The van der Waals surface area contributed by atoms with Crippen LogP contribution in [0.25, 0.3) is 10.9 Å². The topological polar surface area (TPSA) is 22.0 Å². The highest BCUT2D eigenvalue weighted by atomic mass is 79.9. The molecule has 4 heteroatoms. The fourth-order valence-corrected chi connectivity index (χ4v) is 3.35. The first-order valence-corrected chi connectivity index (χ1v) is 7.27. The smallest absolute Gasteiger partial charge is 0.193 e. The maximum atomic E-state index is 12.2. The second kappa shape index (κ2) is 3.95. The molecule has 1 aromatic carbocycles. The quantitative estimate of drug-likeness (QED) is 0.652. The molecular formula is C13H11Br2NO. The molecule has 1 unspecified atom stereocenters. The molecule has 1 aromatic heterocycles. The van der Waals surface area contributed by atoms with Crippen LogP contribution in [0.2, 0.25) is 0 Å². The lowest BCUT2D eigenvalue weighted by Crippen LogP contribution is -2.26. The number of alkyl halides is 1. The van der Waals surface area contributed by atoms with Crippen LogP contribution in [0.5, 0.6) is 0 Å². The summed E-state index contributed by atoms with van der Waals surface area (Å²) in [4.78, 5) is 12.2. The van der Waals surface area contributed by atoms with Gasteiger partial charge in [-0.3, -0.25) is 4.79 Å². The average molecular weight is 357 g/mol. The molecule has 2 aromatic rings. The summed E-state index contributed by atoms with van der Waals surface area (Å²) in [5.74, 6) is 0.209. The molecule has 1 aliphatic rings. The SMILES string of the molecule is Cc1c2n(c3ccc(Br)cc13)CCC(Br)C2=O. The number of Topliss-reactive ketones (excluding diaryl/α,β-unsaturated/α-hetero) is 1. The van der Waals surface area contributed by atoms with E-state index in [1.807, 2.05) is 13.0 Å². The third-order valence-corrected chi connectivity index (χ3v) is 4.77. The molecular weight excluding hydrogens is 346 g/mol. The second-order valence-corrected chi connectivity index (χ2v) is 6.43. The first-order valence-electron chi connectivity index (χ1n) is 5.56. The molecule has 2 heterocycles. The summed E-state index contributed by atoms with van der Waals surface area (Å²) >= 11 is 6.94. The minimum absolute atomic E-state index is 0.0264. The number of carbonyl (C=O) groups is 1. The Kier molecular flexibility index (Phi) is 2.67. The monoisotopic (exact) mass is 355 g/mol. The van der Waals surface area contributed by atoms with Gasteiger partial charge >= 0.3 is 0 Å². The Morgan fingerprint density at radius 2 is 2.18 bits per heavy atom. The van der Waals surface area contributed by atoms with Gasteiger partial charge in [0.25, 0.3) is 0 Å². The van der Waals surface area contributed by atoms with Gasteiger partial charge in [0.15, 0.2) is 5.78 Å². The van der Waals surface area contributed by atoms with Crippen LogP contribution in [0.4, 0.5) is 0 Å². The lowest BCUT2D eigenvalue weighted by molar-refractivity contribution is 0.0965. The lowest BCUT2D eigenvalue weighted by Gasteiger charge is -2.19. The van der Waals surface area contributed by atoms with E-state index in [0.717, 1.165) is 34.2 Å². The largest absolute Gasteiger partial charge is 0.338 e. The fraction of sp³-hybridized carbons (Fsp3) is 0.308. The maximum absolute atomic E-state index is 12.2. The summed E-state index contributed by atoms with van der Waals surface area (Å²) in [6.45, 7) is 2.94. The van der Waals surface area contributed by atoms with Crippen molar-refractivity contribution in [3.05, 3.63) is 33.9 Å². The van der Waals surface area contributed by atoms with E-state index in [1.165, 1.54) is 5.39 Å². The van der Waals surface area contributed by atoms with Crippen molar-refractivity contribution in [2.75, 3.05) is 0 Å². The molecule has 0 saturated carbocycles. The maximum Gasteiger partial charge on any atom is 0.193 e. The van der Waals surface area contributed by atoms with Crippen molar-refractivity contribution in [3.63, 3.8) is 0 Å². The second-order valence-electron chi connectivity index (χ2n) is 4.41. The summed E-state index contributed by atoms with van der Waals surface area (Å²) in [6.07, 6.45) is 0.866. The third-order valence-electron chi connectivity index (χ3n) is 3.40.